The second-order valence-corrected chi connectivity index (χ2v) is 6.66. The molecule has 0 aliphatic heterocycles. The molecule has 5 nitrogen and oxygen atoms in total. The average molecular weight is 291 g/mol. The Morgan fingerprint density at radius 2 is 2.05 bits per heavy atom. The van der Waals surface area contributed by atoms with Crippen LogP contribution in [0, 0.1) is 6.92 Å². The lowest BCUT2D eigenvalue weighted by Crippen LogP contribution is -2.27. The molecule has 0 amide bonds. The van der Waals surface area contributed by atoms with Crippen LogP contribution in [0.25, 0.3) is 0 Å². The van der Waals surface area contributed by atoms with Crippen molar-refractivity contribution in [1.29, 1.82) is 0 Å². The van der Waals surface area contributed by atoms with E-state index in [9.17, 15) is 8.42 Å². The number of nitrogen functional groups attached to an aromatic ring is 1. The minimum Gasteiger partial charge on any atom is -0.399 e. The third kappa shape index (κ3) is 2.97. The monoisotopic (exact) mass is 291 g/mol. The van der Waals surface area contributed by atoms with Crippen LogP contribution in [0.1, 0.15) is 11.1 Å². The molecule has 6 heteroatoms. The molecule has 0 unspecified atom stereocenters. The van der Waals surface area contributed by atoms with Gasteiger partial charge in [0.1, 0.15) is 0 Å². The van der Waals surface area contributed by atoms with Crippen LogP contribution in [0.5, 0.6) is 0 Å². The summed E-state index contributed by atoms with van der Waals surface area (Å²) < 4.78 is 26.4. The molecule has 0 atom stereocenters. The van der Waals surface area contributed by atoms with Crippen molar-refractivity contribution in [3.63, 3.8) is 0 Å². The lowest BCUT2D eigenvalue weighted by Gasteiger charge is -2.18. The molecule has 2 rings (SSSR count). The Morgan fingerprint density at radius 1 is 1.30 bits per heavy atom. The summed E-state index contributed by atoms with van der Waals surface area (Å²) in [7, 11) is -2.02. The van der Waals surface area contributed by atoms with E-state index in [0.29, 0.717) is 11.3 Å². The summed E-state index contributed by atoms with van der Waals surface area (Å²) in [5.41, 5.74) is 7.63. The van der Waals surface area contributed by atoms with Crippen molar-refractivity contribution in [2.75, 3.05) is 12.8 Å². The van der Waals surface area contributed by atoms with Crippen LogP contribution < -0.4 is 5.73 Å². The van der Waals surface area contributed by atoms with Gasteiger partial charge >= 0.3 is 0 Å². The van der Waals surface area contributed by atoms with Crippen LogP contribution in [0.3, 0.4) is 0 Å². The third-order valence-corrected chi connectivity index (χ3v) is 4.97. The highest BCUT2D eigenvalue weighted by molar-refractivity contribution is 7.89. The first-order valence-corrected chi connectivity index (χ1v) is 7.56. The lowest BCUT2D eigenvalue weighted by molar-refractivity contribution is 0.466. The fourth-order valence-electron chi connectivity index (χ4n) is 1.90. The second kappa shape index (κ2) is 5.60. The maximum absolute atomic E-state index is 12.6. The largest absolute Gasteiger partial charge is 0.399 e. The number of hydrogen-bond donors (Lipinski definition) is 1. The van der Waals surface area contributed by atoms with Crippen molar-refractivity contribution >= 4 is 15.7 Å². The molecular formula is C14H17N3O2S. The molecule has 2 N–H and O–H groups in total. The SMILES string of the molecule is Cc1ccc(N)cc1S(=O)(=O)N(C)Cc1cccnc1. The summed E-state index contributed by atoms with van der Waals surface area (Å²) in [5.74, 6) is 0. The topological polar surface area (TPSA) is 76.3 Å². The molecule has 0 fully saturated rings. The van der Waals surface area contributed by atoms with Gasteiger partial charge in [0.05, 0.1) is 4.90 Å². The Balaban J connectivity index is 2.32. The number of benzene rings is 1. The predicted octanol–water partition coefficient (Wildman–Crippen LogP) is 1.79. The van der Waals surface area contributed by atoms with Gasteiger partial charge in [-0.2, -0.15) is 4.31 Å². The van der Waals surface area contributed by atoms with Crippen molar-refractivity contribution < 1.29 is 8.42 Å². The fourth-order valence-corrected chi connectivity index (χ4v) is 3.31. The van der Waals surface area contributed by atoms with E-state index < -0.39 is 10.0 Å². The van der Waals surface area contributed by atoms with Gasteiger partial charge < -0.3 is 5.73 Å². The van der Waals surface area contributed by atoms with E-state index in [1.54, 1.807) is 44.6 Å². The van der Waals surface area contributed by atoms with Crippen LogP contribution in [0.2, 0.25) is 0 Å². The van der Waals surface area contributed by atoms with Gasteiger partial charge in [0.25, 0.3) is 0 Å². The van der Waals surface area contributed by atoms with Gasteiger partial charge in [0, 0.05) is 31.7 Å². The smallest absolute Gasteiger partial charge is 0.243 e. The van der Waals surface area contributed by atoms with E-state index in [4.69, 9.17) is 5.73 Å². The van der Waals surface area contributed by atoms with Crippen molar-refractivity contribution in [2.24, 2.45) is 0 Å². The summed E-state index contributed by atoms with van der Waals surface area (Å²) in [5, 5.41) is 0. The number of aryl methyl sites for hydroxylation is 1. The Hall–Kier alpha value is -1.92. The maximum atomic E-state index is 12.6. The van der Waals surface area contributed by atoms with Gasteiger partial charge in [-0.05, 0) is 36.2 Å². The fraction of sp³-hybridized carbons (Fsp3) is 0.214. The molecule has 1 aromatic carbocycles. The van der Waals surface area contributed by atoms with Gasteiger partial charge in [-0.15, -0.1) is 0 Å². The van der Waals surface area contributed by atoms with Gasteiger partial charge in [-0.3, -0.25) is 4.98 Å². The third-order valence-electron chi connectivity index (χ3n) is 3.03. The number of pyridine rings is 1. The number of rotatable bonds is 4. The van der Waals surface area contributed by atoms with E-state index in [0.717, 1.165) is 5.56 Å². The highest BCUT2D eigenvalue weighted by Gasteiger charge is 2.23. The Bertz CT molecular complexity index is 700. The van der Waals surface area contributed by atoms with Crippen molar-refractivity contribution in [3.05, 3.63) is 53.9 Å². The van der Waals surface area contributed by atoms with Gasteiger partial charge in [0.15, 0.2) is 0 Å². The first-order valence-electron chi connectivity index (χ1n) is 6.12. The number of nitrogens with zero attached hydrogens (tertiary/aromatic N) is 2. The Labute approximate surface area is 119 Å². The minimum atomic E-state index is -3.56. The minimum absolute atomic E-state index is 0.240. The number of aromatic nitrogens is 1. The maximum Gasteiger partial charge on any atom is 0.243 e. The van der Waals surface area contributed by atoms with Gasteiger partial charge in [0.2, 0.25) is 10.0 Å². The molecule has 1 heterocycles. The molecule has 0 bridgehead atoms. The molecule has 2 aromatic rings. The number of hydrogen-bond acceptors (Lipinski definition) is 4. The second-order valence-electron chi connectivity index (χ2n) is 4.65. The number of sulfonamides is 1. The molecule has 0 aliphatic carbocycles. The van der Waals surface area contributed by atoms with Crippen LogP contribution in [0.15, 0.2) is 47.6 Å². The summed E-state index contributed by atoms with van der Waals surface area (Å²) in [6, 6.07) is 8.51. The van der Waals surface area contributed by atoms with E-state index in [1.807, 2.05) is 6.07 Å². The normalized spacial score (nSPS) is 11.8. The summed E-state index contributed by atoms with van der Waals surface area (Å²) >= 11 is 0. The quantitative estimate of drug-likeness (QED) is 0.871. The summed E-state index contributed by atoms with van der Waals surface area (Å²) in [6.45, 7) is 2.02. The summed E-state index contributed by atoms with van der Waals surface area (Å²) in [4.78, 5) is 4.22. The number of anilines is 1. The van der Waals surface area contributed by atoms with Crippen LogP contribution in [-0.2, 0) is 16.6 Å². The number of nitrogens with two attached hydrogens (primary N) is 1. The Morgan fingerprint density at radius 3 is 2.70 bits per heavy atom. The van der Waals surface area contributed by atoms with Crippen molar-refractivity contribution in [1.82, 2.24) is 9.29 Å². The first-order chi connectivity index (χ1) is 9.41. The molecule has 0 saturated heterocycles. The van der Waals surface area contributed by atoms with E-state index >= 15 is 0 Å². The molecule has 0 spiro atoms. The molecule has 0 aliphatic rings. The van der Waals surface area contributed by atoms with E-state index in [-0.39, 0.29) is 11.4 Å². The highest BCUT2D eigenvalue weighted by Crippen LogP contribution is 2.22. The van der Waals surface area contributed by atoms with Crippen molar-refractivity contribution in [2.45, 2.75) is 18.4 Å². The van der Waals surface area contributed by atoms with Crippen LogP contribution in [-0.4, -0.2) is 24.8 Å². The zero-order valence-electron chi connectivity index (χ0n) is 11.4. The van der Waals surface area contributed by atoms with Crippen LogP contribution in [0.4, 0.5) is 5.69 Å². The van der Waals surface area contributed by atoms with E-state index in [1.165, 1.54) is 10.4 Å². The molecule has 0 radical (unpaired) electrons. The summed E-state index contributed by atoms with van der Waals surface area (Å²) in [6.07, 6.45) is 3.30. The molecule has 0 saturated carbocycles. The van der Waals surface area contributed by atoms with Crippen molar-refractivity contribution in [3.8, 4) is 0 Å². The average Bonchev–Trinajstić information content (AvgIpc) is 2.42. The van der Waals surface area contributed by atoms with Crippen LogP contribution >= 0.6 is 0 Å². The lowest BCUT2D eigenvalue weighted by atomic mass is 10.2. The first kappa shape index (κ1) is 14.5. The standard InChI is InChI=1S/C14H17N3O2S/c1-11-5-6-13(15)8-14(11)20(18,19)17(2)10-12-4-3-7-16-9-12/h3-9H,10,15H2,1-2H3. The zero-order valence-corrected chi connectivity index (χ0v) is 12.3. The van der Waals surface area contributed by atoms with Gasteiger partial charge in [-0.25, -0.2) is 8.42 Å². The molecular weight excluding hydrogens is 274 g/mol. The molecule has 20 heavy (non-hydrogen) atoms. The highest BCUT2D eigenvalue weighted by atomic mass is 32.2. The van der Waals surface area contributed by atoms with Gasteiger partial charge in [-0.1, -0.05) is 12.1 Å². The molecule has 106 valence electrons. The zero-order chi connectivity index (χ0) is 14.8. The van der Waals surface area contributed by atoms with E-state index in [2.05, 4.69) is 4.98 Å². The predicted molar refractivity (Wildman–Crippen MR) is 78.5 cm³/mol. The Kier molecular flexibility index (Phi) is 4.06. The molecule has 1 aromatic heterocycles.